The predicted octanol–water partition coefficient (Wildman–Crippen LogP) is 3.73. The average Bonchev–Trinajstić information content (AvgIpc) is 2.85. The van der Waals surface area contributed by atoms with Crippen LogP contribution >= 0.6 is 11.6 Å². The SMILES string of the molecule is COc1ccccc1-n1[nH]c(C)c(Cc2ccc(Cl)cc2)c1=O. The van der Waals surface area contributed by atoms with E-state index in [0.29, 0.717) is 22.9 Å². The van der Waals surface area contributed by atoms with Crippen molar-refractivity contribution in [2.45, 2.75) is 13.3 Å². The maximum atomic E-state index is 12.8. The highest BCUT2D eigenvalue weighted by Gasteiger charge is 2.15. The first kappa shape index (κ1) is 15.4. The Hall–Kier alpha value is -2.46. The van der Waals surface area contributed by atoms with Crippen LogP contribution in [0.3, 0.4) is 0 Å². The Balaban J connectivity index is 2.03. The first-order valence-electron chi connectivity index (χ1n) is 7.28. The molecule has 0 aliphatic heterocycles. The largest absolute Gasteiger partial charge is 0.494 e. The monoisotopic (exact) mass is 328 g/mol. The van der Waals surface area contributed by atoms with Gasteiger partial charge in [0.05, 0.1) is 7.11 Å². The smallest absolute Gasteiger partial charge is 0.275 e. The first-order chi connectivity index (χ1) is 11.1. The number of nitrogens with zero attached hydrogens (tertiary/aromatic N) is 1. The quantitative estimate of drug-likeness (QED) is 0.793. The molecule has 23 heavy (non-hydrogen) atoms. The van der Waals surface area contributed by atoms with Crippen molar-refractivity contribution in [3.63, 3.8) is 0 Å². The summed E-state index contributed by atoms with van der Waals surface area (Å²) in [7, 11) is 1.59. The molecule has 118 valence electrons. The van der Waals surface area contributed by atoms with Gasteiger partial charge in [-0.2, -0.15) is 0 Å². The number of nitrogens with one attached hydrogen (secondary N) is 1. The molecule has 0 radical (unpaired) electrons. The zero-order chi connectivity index (χ0) is 16.4. The van der Waals surface area contributed by atoms with Crippen molar-refractivity contribution in [3.8, 4) is 11.4 Å². The molecular formula is C18H17ClN2O2. The third-order valence-electron chi connectivity index (χ3n) is 3.81. The minimum Gasteiger partial charge on any atom is -0.494 e. The Morgan fingerprint density at radius 1 is 1.13 bits per heavy atom. The lowest BCUT2D eigenvalue weighted by atomic mass is 10.1. The summed E-state index contributed by atoms with van der Waals surface area (Å²) in [5.41, 5.74) is 3.25. The number of aromatic nitrogens is 2. The van der Waals surface area contributed by atoms with Crippen LogP contribution in [0.2, 0.25) is 5.02 Å². The summed E-state index contributed by atoms with van der Waals surface area (Å²) in [6, 6.07) is 15.0. The molecule has 0 amide bonds. The summed E-state index contributed by atoms with van der Waals surface area (Å²) in [5.74, 6) is 0.647. The lowest BCUT2D eigenvalue weighted by molar-refractivity contribution is 0.411. The molecule has 0 aliphatic rings. The van der Waals surface area contributed by atoms with Crippen LogP contribution in [0.5, 0.6) is 5.75 Å². The molecule has 0 bridgehead atoms. The van der Waals surface area contributed by atoms with Gasteiger partial charge in [-0.05, 0) is 36.8 Å². The Morgan fingerprint density at radius 2 is 1.83 bits per heavy atom. The van der Waals surface area contributed by atoms with E-state index in [2.05, 4.69) is 5.10 Å². The molecule has 0 atom stereocenters. The van der Waals surface area contributed by atoms with E-state index >= 15 is 0 Å². The number of H-pyrrole nitrogens is 1. The van der Waals surface area contributed by atoms with Crippen LogP contribution in [-0.4, -0.2) is 16.9 Å². The molecule has 0 unspecified atom stereocenters. The van der Waals surface area contributed by atoms with Gasteiger partial charge in [-0.15, -0.1) is 0 Å². The molecule has 3 rings (SSSR count). The number of aromatic amines is 1. The van der Waals surface area contributed by atoms with Gasteiger partial charge in [0.1, 0.15) is 11.4 Å². The number of methoxy groups -OCH3 is 1. The second-order valence-electron chi connectivity index (χ2n) is 5.33. The number of aryl methyl sites for hydroxylation is 1. The van der Waals surface area contributed by atoms with Crippen molar-refractivity contribution < 1.29 is 4.74 Å². The van der Waals surface area contributed by atoms with Gasteiger partial charge in [0.25, 0.3) is 5.56 Å². The van der Waals surface area contributed by atoms with E-state index in [-0.39, 0.29) is 5.56 Å². The molecule has 0 aliphatic carbocycles. The predicted molar refractivity (Wildman–Crippen MR) is 91.9 cm³/mol. The zero-order valence-electron chi connectivity index (χ0n) is 13.0. The maximum absolute atomic E-state index is 12.8. The van der Waals surface area contributed by atoms with Crippen molar-refractivity contribution >= 4 is 11.6 Å². The number of halogens is 1. The minimum absolute atomic E-state index is 0.0676. The van der Waals surface area contributed by atoms with Crippen LogP contribution in [0.25, 0.3) is 5.69 Å². The van der Waals surface area contributed by atoms with Crippen molar-refractivity contribution in [3.05, 3.63) is 80.7 Å². The van der Waals surface area contributed by atoms with Crippen LogP contribution in [0.1, 0.15) is 16.8 Å². The average molecular weight is 329 g/mol. The van der Waals surface area contributed by atoms with Crippen molar-refractivity contribution in [2.75, 3.05) is 7.11 Å². The second kappa shape index (κ2) is 6.34. The van der Waals surface area contributed by atoms with E-state index in [1.807, 2.05) is 55.5 Å². The number of hydrogen-bond acceptors (Lipinski definition) is 2. The lowest BCUT2D eigenvalue weighted by Crippen LogP contribution is -2.18. The Labute approximate surface area is 139 Å². The number of hydrogen-bond donors (Lipinski definition) is 1. The standard InChI is InChI=1S/C18H17ClN2O2/c1-12-15(11-13-7-9-14(19)10-8-13)18(22)21(20-12)16-5-3-4-6-17(16)23-2/h3-10,20H,11H2,1-2H3. The van der Waals surface area contributed by atoms with Crippen molar-refractivity contribution in [1.29, 1.82) is 0 Å². The Morgan fingerprint density at radius 3 is 2.52 bits per heavy atom. The molecule has 5 heteroatoms. The maximum Gasteiger partial charge on any atom is 0.275 e. The van der Waals surface area contributed by atoms with Crippen molar-refractivity contribution in [1.82, 2.24) is 9.78 Å². The lowest BCUT2D eigenvalue weighted by Gasteiger charge is -2.07. The summed E-state index contributed by atoms with van der Waals surface area (Å²) < 4.78 is 6.87. The summed E-state index contributed by atoms with van der Waals surface area (Å²) in [6.45, 7) is 1.90. The van der Waals surface area contributed by atoms with Crippen LogP contribution in [0, 0.1) is 6.92 Å². The third-order valence-corrected chi connectivity index (χ3v) is 4.07. The highest BCUT2D eigenvalue weighted by atomic mass is 35.5. The molecule has 1 aromatic heterocycles. The number of para-hydroxylation sites is 2. The molecular weight excluding hydrogens is 312 g/mol. The van der Waals surface area contributed by atoms with Gasteiger partial charge in [-0.25, -0.2) is 4.68 Å². The topological polar surface area (TPSA) is 47.0 Å². The van der Waals surface area contributed by atoms with Crippen molar-refractivity contribution in [2.24, 2.45) is 0 Å². The van der Waals surface area contributed by atoms with E-state index < -0.39 is 0 Å². The fourth-order valence-electron chi connectivity index (χ4n) is 2.58. The van der Waals surface area contributed by atoms with Gasteiger partial charge in [0.2, 0.25) is 0 Å². The Bertz CT molecular complexity index is 879. The fourth-order valence-corrected chi connectivity index (χ4v) is 2.71. The number of benzene rings is 2. The molecule has 4 nitrogen and oxygen atoms in total. The molecule has 0 spiro atoms. The highest BCUT2D eigenvalue weighted by Crippen LogP contribution is 2.21. The second-order valence-corrected chi connectivity index (χ2v) is 5.77. The molecule has 0 saturated carbocycles. The zero-order valence-corrected chi connectivity index (χ0v) is 13.7. The summed E-state index contributed by atoms with van der Waals surface area (Å²) in [6.07, 6.45) is 0.556. The molecule has 3 aromatic rings. The summed E-state index contributed by atoms with van der Waals surface area (Å²) >= 11 is 5.91. The fraction of sp³-hybridized carbons (Fsp3) is 0.167. The summed E-state index contributed by atoms with van der Waals surface area (Å²) in [4.78, 5) is 12.8. The molecule has 1 N–H and O–H groups in total. The number of rotatable bonds is 4. The molecule has 0 fully saturated rings. The van der Waals surface area contributed by atoms with Crippen LogP contribution in [0.4, 0.5) is 0 Å². The van der Waals surface area contributed by atoms with Gasteiger partial charge < -0.3 is 4.74 Å². The highest BCUT2D eigenvalue weighted by molar-refractivity contribution is 6.30. The van der Waals surface area contributed by atoms with E-state index in [4.69, 9.17) is 16.3 Å². The Kier molecular flexibility index (Phi) is 4.26. The van der Waals surface area contributed by atoms with E-state index in [1.165, 1.54) is 4.68 Å². The van der Waals surface area contributed by atoms with Crippen LogP contribution < -0.4 is 10.3 Å². The molecule has 2 aromatic carbocycles. The summed E-state index contributed by atoms with van der Waals surface area (Å²) in [5, 5.41) is 3.82. The van der Waals surface area contributed by atoms with E-state index in [1.54, 1.807) is 7.11 Å². The number of ether oxygens (including phenoxy) is 1. The van der Waals surface area contributed by atoms with E-state index in [9.17, 15) is 4.79 Å². The van der Waals surface area contributed by atoms with E-state index in [0.717, 1.165) is 16.8 Å². The first-order valence-corrected chi connectivity index (χ1v) is 7.66. The normalized spacial score (nSPS) is 10.7. The van der Waals surface area contributed by atoms with Crippen LogP contribution in [0.15, 0.2) is 53.3 Å². The minimum atomic E-state index is -0.0676. The molecule has 0 saturated heterocycles. The van der Waals surface area contributed by atoms with Crippen LogP contribution in [-0.2, 0) is 6.42 Å². The van der Waals surface area contributed by atoms with Gasteiger partial charge in [-0.3, -0.25) is 9.89 Å². The van der Waals surface area contributed by atoms with Gasteiger partial charge >= 0.3 is 0 Å². The van der Waals surface area contributed by atoms with Gasteiger partial charge in [-0.1, -0.05) is 35.9 Å². The van der Waals surface area contributed by atoms with Gasteiger partial charge in [0.15, 0.2) is 0 Å². The van der Waals surface area contributed by atoms with Gasteiger partial charge in [0, 0.05) is 22.7 Å². The third kappa shape index (κ3) is 3.03. The molecule has 1 heterocycles.